The maximum atomic E-state index is 2.38. The number of aromatic nitrogens is 1. The molecule has 4 heteroatoms. The van der Waals surface area contributed by atoms with Gasteiger partial charge in [-0.2, -0.15) is 4.57 Å². The van der Waals surface area contributed by atoms with Gasteiger partial charge >= 0.3 is 0 Å². The number of thiazole rings is 1. The molecule has 1 aromatic heterocycles. The zero-order valence-corrected chi connectivity index (χ0v) is 19.6. The molecule has 0 fully saturated rings. The third kappa shape index (κ3) is 5.26. The van der Waals surface area contributed by atoms with E-state index in [4.69, 9.17) is 0 Å². The van der Waals surface area contributed by atoms with Gasteiger partial charge in [0.1, 0.15) is 4.70 Å². The van der Waals surface area contributed by atoms with E-state index in [2.05, 4.69) is 121 Å². The Morgan fingerprint density at radius 3 is 2.17 bits per heavy atom. The van der Waals surface area contributed by atoms with Gasteiger partial charge in [-0.3, -0.25) is 0 Å². The van der Waals surface area contributed by atoms with Gasteiger partial charge in [-0.25, -0.2) is 0 Å². The summed E-state index contributed by atoms with van der Waals surface area (Å²) in [5, 5.41) is 1.25. The van der Waals surface area contributed by atoms with Gasteiger partial charge in [0, 0.05) is 31.9 Å². The maximum Gasteiger partial charge on any atom is 0.263 e. The molecule has 1 heterocycles. The number of anilines is 1. The highest BCUT2D eigenvalue weighted by Crippen LogP contribution is 2.22. The number of halogens is 1. The summed E-state index contributed by atoms with van der Waals surface area (Å²) in [5.74, 6) is 0. The van der Waals surface area contributed by atoms with E-state index < -0.39 is 0 Å². The molecular weight excluding hydrogens is 452 g/mol. The summed E-state index contributed by atoms with van der Waals surface area (Å²) < 4.78 is 3.69. The van der Waals surface area contributed by atoms with Crippen molar-refractivity contribution in [2.24, 2.45) is 0 Å². The first kappa shape index (κ1) is 22.0. The normalized spacial score (nSPS) is 11.3. The van der Waals surface area contributed by atoms with Gasteiger partial charge in [0.25, 0.3) is 5.01 Å². The van der Waals surface area contributed by atoms with Crippen molar-refractivity contribution in [2.45, 2.75) is 6.54 Å². The summed E-state index contributed by atoms with van der Waals surface area (Å²) in [7, 11) is 4.13. The minimum absolute atomic E-state index is 0. The molecule has 152 valence electrons. The SMILES string of the molecule is CN(C)c1ccc(C=Cc2sc3ccccc3[n+]2CC=Cc2ccccc2)cc1.[Br-]. The Labute approximate surface area is 193 Å². The number of hydrogen-bond donors (Lipinski definition) is 0. The molecule has 4 rings (SSSR count). The van der Waals surface area contributed by atoms with Crippen LogP contribution in [-0.2, 0) is 6.54 Å². The van der Waals surface area contributed by atoms with Crippen LogP contribution in [0, 0.1) is 0 Å². The van der Waals surface area contributed by atoms with E-state index in [1.54, 1.807) is 0 Å². The Bertz CT molecular complexity index is 1140. The second-order valence-electron chi connectivity index (χ2n) is 7.15. The van der Waals surface area contributed by atoms with Crippen LogP contribution in [0.1, 0.15) is 16.1 Å². The molecule has 4 aromatic rings. The molecule has 3 aromatic carbocycles. The molecule has 0 radical (unpaired) electrons. The highest BCUT2D eigenvalue weighted by Gasteiger charge is 2.16. The lowest BCUT2D eigenvalue weighted by molar-refractivity contribution is -0.658. The van der Waals surface area contributed by atoms with Crippen molar-refractivity contribution in [1.29, 1.82) is 0 Å². The third-order valence-electron chi connectivity index (χ3n) is 4.86. The molecule has 0 aliphatic rings. The van der Waals surface area contributed by atoms with Crippen molar-refractivity contribution < 1.29 is 21.5 Å². The average molecular weight is 477 g/mol. The molecule has 0 saturated carbocycles. The number of benzene rings is 3. The van der Waals surface area contributed by atoms with E-state index in [-0.39, 0.29) is 17.0 Å². The standard InChI is InChI=1S/C26H25N2S.BrH/c1-27(2)23-17-14-22(15-18-23)16-19-26-28(24-12-6-7-13-25(24)29-26)20-8-11-21-9-4-3-5-10-21;/h3-19H,20H2,1-2H3;1H/q+1;/p-1. The van der Waals surface area contributed by atoms with Gasteiger partial charge in [0.05, 0.1) is 0 Å². The van der Waals surface area contributed by atoms with Gasteiger partial charge in [0.15, 0.2) is 6.54 Å². The Balaban J connectivity index is 0.00000256. The molecule has 0 aliphatic heterocycles. The van der Waals surface area contributed by atoms with Crippen molar-refractivity contribution in [2.75, 3.05) is 19.0 Å². The molecule has 0 unspecified atom stereocenters. The predicted molar refractivity (Wildman–Crippen MR) is 127 cm³/mol. The van der Waals surface area contributed by atoms with Crippen molar-refractivity contribution in [3.05, 3.63) is 101 Å². The van der Waals surface area contributed by atoms with Gasteiger partial charge < -0.3 is 21.9 Å². The second-order valence-corrected chi connectivity index (χ2v) is 8.21. The van der Waals surface area contributed by atoms with Crippen LogP contribution < -0.4 is 26.4 Å². The van der Waals surface area contributed by atoms with Crippen LogP contribution in [0.2, 0.25) is 0 Å². The third-order valence-corrected chi connectivity index (χ3v) is 5.99. The van der Waals surface area contributed by atoms with E-state index in [0.29, 0.717) is 0 Å². The van der Waals surface area contributed by atoms with Crippen LogP contribution >= 0.6 is 11.3 Å². The summed E-state index contributed by atoms with van der Waals surface area (Å²) in [6, 6.07) is 27.7. The Hall–Kier alpha value is -2.69. The quantitative estimate of drug-likeness (QED) is 0.387. The van der Waals surface area contributed by atoms with E-state index in [9.17, 15) is 0 Å². The highest BCUT2D eigenvalue weighted by molar-refractivity contribution is 7.18. The Kier molecular flexibility index (Phi) is 7.61. The molecule has 0 bridgehead atoms. The zero-order valence-electron chi connectivity index (χ0n) is 17.2. The van der Waals surface area contributed by atoms with Gasteiger partial charge in [-0.05, 0) is 41.5 Å². The molecule has 0 spiro atoms. The van der Waals surface area contributed by atoms with Crippen LogP contribution in [0.15, 0.2) is 84.9 Å². The number of fused-ring (bicyclic) bond motifs is 1. The van der Waals surface area contributed by atoms with E-state index in [1.807, 2.05) is 17.4 Å². The van der Waals surface area contributed by atoms with Crippen molar-refractivity contribution in [3.63, 3.8) is 0 Å². The molecule has 0 N–H and O–H groups in total. The first-order valence-electron chi connectivity index (χ1n) is 9.79. The summed E-state index contributed by atoms with van der Waals surface area (Å²) >= 11 is 1.83. The fourth-order valence-corrected chi connectivity index (χ4v) is 4.35. The second kappa shape index (κ2) is 10.4. The number of hydrogen-bond acceptors (Lipinski definition) is 2. The van der Waals surface area contributed by atoms with Crippen LogP contribution in [0.3, 0.4) is 0 Å². The predicted octanol–water partition coefficient (Wildman–Crippen LogP) is 3.14. The minimum Gasteiger partial charge on any atom is -1.00 e. The zero-order chi connectivity index (χ0) is 20.1. The molecule has 0 amide bonds. The number of rotatable bonds is 6. The fraction of sp³-hybridized carbons (Fsp3) is 0.115. The number of nitrogens with zero attached hydrogens (tertiary/aromatic N) is 2. The maximum absolute atomic E-state index is 2.38. The number of allylic oxidation sites excluding steroid dienone is 1. The monoisotopic (exact) mass is 476 g/mol. The van der Waals surface area contributed by atoms with Crippen LogP contribution in [0.25, 0.3) is 28.4 Å². The smallest absolute Gasteiger partial charge is 0.263 e. The first-order valence-corrected chi connectivity index (χ1v) is 10.6. The molecule has 0 saturated heterocycles. The lowest BCUT2D eigenvalue weighted by Gasteiger charge is -2.11. The molecule has 2 nitrogen and oxygen atoms in total. The Morgan fingerprint density at radius 1 is 0.767 bits per heavy atom. The van der Waals surface area contributed by atoms with Crippen LogP contribution in [0.5, 0.6) is 0 Å². The molecule has 0 atom stereocenters. The summed E-state index contributed by atoms with van der Waals surface area (Å²) in [5.41, 5.74) is 4.92. The van der Waals surface area contributed by atoms with Gasteiger partial charge in [0.2, 0.25) is 5.52 Å². The highest BCUT2D eigenvalue weighted by atomic mass is 79.9. The lowest BCUT2D eigenvalue weighted by Crippen LogP contribution is -3.00. The van der Waals surface area contributed by atoms with Crippen LogP contribution in [-0.4, -0.2) is 14.1 Å². The van der Waals surface area contributed by atoms with Crippen molar-refractivity contribution in [1.82, 2.24) is 0 Å². The largest absolute Gasteiger partial charge is 1.00 e. The topological polar surface area (TPSA) is 7.12 Å². The van der Waals surface area contributed by atoms with Crippen molar-refractivity contribution in [3.8, 4) is 0 Å². The van der Waals surface area contributed by atoms with E-state index >= 15 is 0 Å². The average Bonchev–Trinajstić information content (AvgIpc) is 3.11. The van der Waals surface area contributed by atoms with E-state index in [1.165, 1.54) is 32.0 Å². The van der Waals surface area contributed by atoms with Crippen LogP contribution in [0.4, 0.5) is 5.69 Å². The van der Waals surface area contributed by atoms with E-state index in [0.717, 1.165) is 6.54 Å². The lowest BCUT2D eigenvalue weighted by atomic mass is 10.2. The molecular formula is C26H25BrN2S. The van der Waals surface area contributed by atoms with Crippen molar-refractivity contribution >= 4 is 45.5 Å². The first-order chi connectivity index (χ1) is 14.2. The van der Waals surface area contributed by atoms with Gasteiger partial charge in [-0.15, -0.1) is 0 Å². The van der Waals surface area contributed by atoms with Gasteiger partial charge in [-0.1, -0.05) is 72.0 Å². The summed E-state index contributed by atoms with van der Waals surface area (Å²) in [6.45, 7) is 0.845. The number of para-hydroxylation sites is 1. The molecule has 30 heavy (non-hydrogen) atoms. The Morgan fingerprint density at radius 2 is 1.43 bits per heavy atom. The molecule has 0 aliphatic carbocycles. The minimum atomic E-state index is 0. The fourth-order valence-electron chi connectivity index (χ4n) is 3.27. The summed E-state index contributed by atoms with van der Waals surface area (Å²) in [6.07, 6.45) is 8.85. The summed E-state index contributed by atoms with van der Waals surface area (Å²) in [4.78, 5) is 2.12.